The fourth-order valence-electron chi connectivity index (χ4n) is 5.56. The first-order valence-electron chi connectivity index (χ1n) is 13.3. The number of rotatable bonds is 9. The van der Waals surface area contributed by atoms with Crippen molar-refractivity contribution in [2.24, 2.45) is 0 Å². The van der Waals surface area contributed by atoms with Gasteiger partial charge in [-0.3, -0.25) is 9.59 Å². The number of hydrogen-bond donors (Lipinski definition) is 0. The Kier molecular flexibility index (Phi) is 7.49. The highest BCUT2D eigenvalue weighted by Crippen LogP contribution is 2.47. The van der Waals surface area contributed by atoms with Crippen molar-refractivity contribution in [2.45, 2.75) is 65.2 Å². The van der Waals surface area contributed by atoms with Crippen LogP contribution in [0, 0.1) is 0 Å². The van der Waals surface area contributed by atoms with E-state index in [4.69, 9.17) is 0 Å². The summed E-state index contributed by atoms with van der Waals surface area (Å²) in [4.78, 5) is 27.0. The summed E-state index contributed by atoms with van der Waals surface area (Å²) in [5, 5.41) is 0. The number of carbonyl (C=O) groups excluding carboxylic acids is 2. The third kappa shape index (κ3) is 4.90. The number of Topliss-reactive ketones (excluding diaryl/α,β-unsaturated/α-hetero) is 2. The van der Waals surface area contributed by atoms with Crippen molar-refractivity contribution in [3.63, 3.8) is 0 Å². The maximum absolute atomic E-state index is 12.4. The van der Waals surface area contributed by atoms with E-state index >= 15 is 0 Å². The number of ketones is 2. The lowest BCUT2D eigenvalue weighted by Crippen LogP contribution is -2.30. The van der Waals surface area contributed by atoms with Gasteiger partial charge in [-0.1, -0.05) is 82.3 Å². The van der Waals surface area contributed by atoms with E-state index in [2.05, 4.69) is 97.9 Å². The zero-order valence-corrected chi connectivity index (χ0v) is 23.0. The number of anilines is 1. The molecule has 192 valence electrons. The SMILES string of the molecule is CCC(=O)CN1\C(=C/C=C\C=C\C2=[N+](CC(=O)CC)c3ccccc3C2(C)C)C(C)(C)c2ccccc21. The molecule has 4 heteroatoms. The molecule has 0 fully saturated rings. The molecule has 0 aliphatic carbocycles. The number of fused-ring (bicyclic) bond motifs is 2. The van der Waals surface area contributed by atoms with Gasteiger partial charge in [0, 0.05) is 47.3 Å². The van der Waals surface area contributed by atoms with Crippen molar-refractivity contribution in [2.75, 3.05) is 18.0 Å². The Labute approximate surface area is 221 Å². The zero-order chi connectivity index (χ0) is 26.8. The van der Waals surface area contributed by atoms with E-state index < -0.39 is 0 Å². The normalized spacial score (nSPS) is 18.8. The molecule has 0 aromatic heterocycles. The van der Waals surface area contributed by atoms with E-state index in [-0.39, 0.29) is 22.4 Å². The van der Waals surface area contributed by atoms with Gasteiger partial charge in [0.05, 0.1) is 12.0 Å². The molecule has 37 heavy (non-hydrogen) atoms. The Morgan fingerprint density at radius 3 is 2.16 bits per heavy atom. The highest BCUT2D eigenvalue weighted by atomic mass is 16.1. The lowest BCUT2D eigenvalue weighted by Gasteiger charge is -2.26. The molecule has 2 aliphatic rings. The molecule has 0 atom stereocenters. The van der Waals surface area contributed by atoms with Crippen LogP contribution in [0.4, 0.5) is 11.4 Å². The quantitative estimate of drug-likeness (QED) is 0.283. The van der Waals surface area contributed by atoms with Crippen LogP contribution < -0.4 is 4.90 Å². The molecule has 0 amide bonds. The van der Waals surface area contributed by atoms with E-state index in [1.807, 2.05) is 32.1 Å². The fourth-order valence-corrected chi connectivity index (χ4v) is 5.56. The second kappa shape index (κ2) is 10.5. The summed E-state index contributed by atoms with van der Waals surface area (Å²) in [6, 6.07) is 16.7. The van der Waals surface area contributed by atoms with Gasteiger partial charge in [-0.25, -0.2) is 0 Å². The van der Waals surface area contributed by atoms with Gasteiger partial charge < -0.3 is 4.90 Å². The predicted octanol–water partition coefficient (Wildman–Crippen LogP) is 6.82. The Morgan fingerprint density at radius 2 is 1.46 bits per heavy atom. The van der Waals surface area contributed by atoms with Crippen LogP contribution in [0.5, 0.6) is 0 Å². The van der Waals surface area contributed by atoms with Crippen molar-refractivity contribution in [1.29, 1.82) is 0 Å². The van der Waals surface area contributed by atoms with Gasteiger partial charge >= 0.3 is 0 Å². The lowest BCUT2D eigenvalue weighted by atomic mass is 9.81. The predicted molar refractivity (Wildman–Crippen MR) is 153 cm³/mol. The van der Waals surface area contributed by atoms with Crippen molar-refractivity contribution < 1.29 is 14.2 Å². The van der Waals surface area contributed by atoms with Crippen LogP contribution in [-0.2, 0) is 20.4 Å². The molecule has 0 N–H and O–H groups in total. The average molecular weight is 496 g/mol. The molecule has 0 saturated heterocycles. The highest BCUT2D eigenvalue weighted by molar-refractivity contribution is 6.03. The molecular weight excluding hydrogens is 456 g/mol. The molecule has 2 aromatic carbocycles. The van der Waals surface area contributed by atoms with Crippen molar-refractivity contribution in [1.82, 2.24) is 0 Å². The summed E-state index contributed by atoms with van der Waals surface area (Å²) >= 11 is 0. The zero-order valence-electron chi connectivity index (χ0n) is 23.0. The van der Waals surface area contributed by atoms with Crippen LogP contribution in [0.3, 0.4) is 0 Å². The number of para-hydroxylation sites is 2. The molecule has 0 spiro atoms. The summed E-state index contributed by atoms with van der Waals surface area (Å²) in [5.41, 5.74) is 6.56. The summed E-state index contributed by atoms with van der Waals surface area (Å²) in [7, 11) is 0. The summed E-state index contributed by atoms with van der Waals surface area (Å²) in [6.45, 7) is 13.5. The molecule has 0 radical (unpaired) electrons. The third-order valence-electron chi connectivity index (χ3n) is 7.79. The van der Waals surface area contributed by atoms with Crippen LogP contribution in [0.25, 0.3) is 0 Å². The molecule has 2 aromatic rings. The number of carbonyl (C=O) groups is 2. The maximum atomic E-state index is 12.4. The largest absolute Gasteiger partial charge is 0.337 e. The summed E-state index contributed by atoms with van der Waals surface area (Å²) in [6.07, 6.45) is 11.5. The number of nitrogens with zero attached hydrogens (tertiary/aromatic N) is 2. The van der Waals surface area contributed by atoms with Gasteiger partial charge in [-0.2, -0.15) is 4.58 Å². The molecule has 0 saturated carbocycles. The first kappa shape index (κ1) is 26.5. The van der Waals surface area contributed by atoms with E-state index in [1.165, 1.54) is 11.1 Å². The van der Waals surface area contributed by atoms with E-state index in [0.29, 0.717) is 25.9 Å². The standard InChI is InChI=1S/C33H39N2O2/c1-7-24(36)22-34-28-18-14-12-16-26(28)32(3,4)30(34)20-10-9-11-21-31-33(5,6)27-17-13-15-19-29(27)35(31)23-25(37)8-2/h9-21H,7-8,22-23H2,1-6H3/q+1. The minimum absolute atomic E-state index is 0.195. The number of benzene rings is 2. The third-order valence-corrected chi connectivity index (χ3v) is 7.79. The van der Waals surface area contributed by atoms with Crippen molar-refractivity contribution >= 4 is 28.7 Å². The topological polar surface area (TPSA) is 40.4 Å². The maximum Gasteiger partial charge on any atom is 0.210 e. The number of allylic oxidation sites excluding steroid dienone is 6. The second-order valence-electron chi connectivity index (χ2n) is 10.9. The number of hydrogen-bond acceptors (Lipinski definition) is 3. The Hall–Kier alpha value is -3.53. The van der Waals surface area contributed by atoms with Gasteiger partial charge in [0.2, 0.25) is 12.2 Å². The molecule has 0 unspecified atom stereocenters. The van der Waals surface area contributed by atoms with Crippen molar-refractivity contribution in [3.8, 4) is 0 Å². The summed E-state index contributed by atoms with van der Waals surface area (Å²) < 4.78 is 2.17. The van der Waals surface area contributed by atoms with Gasteiger partial charge in [0.25, 0.3) is 0 Å². The van der Waals surface area contributed by atoms with Crippen LogP contribution in [0.15, 0.2) is 84.6 Å². The molecule has 4 rings (SSSR count). The van der Waals surface area contributed by atoms with Crippen LogP contribution >= 0.6 is 0 Å². The van der Waals surface area contributed by atoms with Crippen LogP contribution in [0.1, 0.15) is 65.5 Å². The lowest BCUT2D eigenvalue weighted by molar-refractivity contribution is -0.425. The monoisotopic (exact) mass is 495 g/mol. The highest BCUT2D eigenvalue weighted by Gasteiger charge is 2.44. The summed E-state index contributed by atoms with van der Waals surface area (Å²) in [5.74, 6) is 0.451. The van der Waals surface area contributed by atoms with Crippen LogP contribution in [-0.4, -0.2) is 34.9 Å². The molecule has 4 nitrogen and oxygen atoms in total. The fraction of sp³-hybridized carbons (Fsp3) is 0.364. The molecule has 0 bridgehead atoms. The van der Waals surface area contributed by atoms with E-state index in [1.54, 1.807) is 0 Å². The van der Waals surface area contributed by atoms with Gasteiger partial charge in [0.1, 0.15) is 0 Å². The first-order valence-corrected chi connectivity index (χ1v) is 13.3. The van der Waals surface area contributed by atoms with E-state index in [9.17, 15) is 9.59 Å². The molecular formula is C33H39N2O2+. The van der Waals surface area contributed by atoms with Crippen LogP contribution in [0.2, 0.25) is 0 Å². The van der Waals surface area contributed by atoms with Gasteiger partial charge in [0.15, 0.2) is 17.3 Å². The van der Waals surface area contributed by atoms with Gasteiger partial charge in [-0.15, -0.1) is 0 Å². The Bertz CT molecular complexity index is 1340. The minimum Gasteiger partial charge on any atom is -0.337 e. The average Bonchev–Trinajstić information content (AvgIpc) is 3.23. The minimum atomic E-state index is -0.195. The van der Waals surface area contributed by atoms with Crippen molar-refractivity contribution in [3.05, 3.63) is 95.7 Å². The first-order chi connectivity index (χ1) is 17.6. The Morgan fingerprint density at radius 1 is 0.811 bits per heavy atom. The molecule has 2 heterocycles. The molecule has 2 aliphatic heterocycles. The Balaban J connectivity index is 1.65. The van der Waals surface area contributed by atoms with E-state index in [0.717, 1.165) is 22.8 Å². The smallest absolute Gasteiger partial charge is 0.210 e. The second-order valence-corrected chi connectivity index (χ2v) is 10.9. The van der Waals surface area contributed by atoms with Gasteiger partial charge in [-0.05, 0) is 31.6 Å².